The molecule has 2 N–H and O–H groups in total. The van der Waals surface area contributed by atoms with Crippen LogP contribution in [0.1, 0.15) is 24.2 Å². The Labute approximate surface area is 121 Å². The van der Waals surface area contributed by atoms with E-state index in [0.29, 0.717) is 5.39 Å². The highest BCUT2D eigenvalue weighted by atomic mass is 19.1. The standard InChI is InChI=1S/C15H17FN2O3/c1-15(2,21)8-18(3)14(20)11-7-13(19)17-12-6-9(16)4-5-10(11)12/h4-7,21H,8H2,1-3H3,(H,17,19). The lowest BCUT2D eigenvalue weighted by Gasteiger charge is -2.25. The van der Waals surface area contributed by atoms with Gasteiger partial charge in [0.2, 0.25) is 5.56 Å². The van der Waals surface area contributed by atoms with E-state index in [1.165, 1.54) is 36.2 Å². The maximum absolute atomic E-state index is 13.2. The Morgan fingerprint density at radius 3 is 2.67 bits per heavy atom. The highest BCUT2D eigenvalue weighted by Gasteiger charge is 2.22. The number of benzene rings is 1. The Bertz CT molecular complexity index is 747. The van der Waals surface area contributed by atoms with Crippen LogP contribution in [-0.2, 0) is 0 Å². The van der Waals surface area contributed by atoms with Crippen molar-refractivity contribution in [1.82, 2.24) is 9.88 Å². The highest BCUT2D eigenvalue weighted by Crippen LogP contribution is 2.18. The minimum Gasteiger partial charge on any atom is -0.389 e. The van der Waals surface area contributed by atoms with Gasteiger partial charge in [-0.3, -0.25) is 9.59 Å². The van der Waals surface area contributed by atoms with Gasteiger partial charge in [-0.1, -0.05) is 0 Å². The van der Waals surface area contributed by atoms with Gasteiger partial charge in [-0.2, -0.15) is 0 Å². The Balaban J connectivity index is 2.51. The molecular weight excluding hydrogens is 275 g/mol. The summed E-state index contributed by atoms with van der Waals surface area (Å²) in [6.07, 6.45) is 0. The Morgan fingerprint density at radius 2 is 2.05 bits per heavy atom. The van der Waals surface area contributed by atoms with Crippen molar-refractivity contribution in [3.8, 4) is 0 Å². The van der Waals surface area contributed by atoms with Crippen molar-refractivity contribution in [3.63, 3.8) is 0 Å². The van der Waals surface area contributed by atoms with Crippen molar-refractivity contribution in [2.75, 3.05) is 13.6 Å². The first-order valence-corrected chi connectivity index (χ1v) is 6.48. The van der Waals surface area contributed by atoms with Gasteiger partial charge in [-0.05, 0) is 32.0 Å². The summed E-state index contributed by atoms with van der Waals surface area (Å²) in [6, 6.07) is 5.03. The average molecular weight is 292 g/mol. The highest BCUT2D eigenvalue weighted by molar-refractivity contribution is 6.05. The van der Waals surface area contributed by atoms with Crippen molar-refractivity contribution in [3.05, 3.63) is 46.0 Å². The molecule has 112 valence electrons. The molecule has 1 heterocycles. The van der Waals surface area contributed by atoms with E-state index >= 15 is 0 Å². The molecule has 0 saturated heterocycles. The van der Waals surface area contributed by atoms with Gasteiger partial charge in [0, 0.05) is 25.0 Å². The zero-order chi connectivity index (χ0) is 15.8. The lowest BCUT2D eigenvalue weighted by atomic mass is 10.1. The smallest absolute Gasteiger partial charge is 0.254 e. The van der Waals surface area contributed by atoms with Crippen LogP contribution in [0, 0.1) is 5.82 Å². The molecule has 1 aromatic heterocycles. The minimum atomic E-state index is -1.05. The van der Waals surface area contributed by atoms with E-state index in [0.717, 1.165) is 0 Å². The predicted molar refractivity (Wildman–Crippen MR) is 77.8 cm³/mol. The van der Waals surface area contributed by atoms with Crippen LogP contribution in [0.3, 0.4) is 0 Å². The number of hydrogen-bond donors (Lipinski definition) is 2. The number of carbonyl (C=O) groups excluding carboxylic acids is 1. The third-order valence-corrected chi connectivity index (χ3v) is 3.01. The molecule has 0 aliphatic rings. The molecule has 0 atom stereocenters. The number of pyridine rings is 1. The van der Waals surface area contributed by atoms with E-state index in [9.17, 15) is 19.1 Å². The quantitative estimate of drug-likeness (QED) is 0.900. The van der Waals surface area contributed by atoms with Crippen molar-refractivity contribution in [2.45, 2.75) is 19.4 Å². The molecule has 0 unspecified atom stereocenters. The van der Waals surface area contributed by atoms with E-state index in [1.807, 2.05) is 0 Å². The zero-order valence-electron chi connectivity index (χ0n) is 12.1. The number of nitrogens with zero attached hydrogens (tertiary/aromatic N) is 1. The molecule has 0 bridgehead atoms. The van der Waals surface area contributed by atoms with E-state index in [1.54, 1.807) is 13.8 Å². The number of amides is 1. The first-order valence-electron chi connectivity index (χ1n) is 6.48. The van der Waals surface area contributed by atoms with Gasteiger partial charge in [-0.15, -0.1) is 0 Å². The van der Waals surface area contributed by atoms with Gasteiger partial charge in [0.25, 0.3) is 5.91 Å². The number of H-pyrrole nitrogens is 1. The van der Waals surface area contributed by atoms with Gasteiger partial charge in [0.1, 0.15) is 5.82 Å². The summed E-state index contributed by atoms with van der Waals surface area (Å²) in [6.45, 7) is 3.28. The van der Waals surface area contributed by atoms with Crippen LogP contribution in [0.15, 0.2) is 29.1 Å². The van der Waals surface area contributed by atoms with Crippen LogP contribution in [-0.4, -0.2) is 40.1 Å². The van der Waals surface area contributed by atoms with E-state index in [-0.39, 0.29) is 17.6 Å². The SMILES string of the molecule is CN(CC(C)(C)O)C(=O)c1cc(=O)[nH]c2cc(F)ccc12. The molecule has 2 rings (SSSR count). The minimum absolute atomic E-state index is 0.112. The number of aromatic amines is 1. The summed E-state index contributed by atoms with van der Waals surface area (Å²) >= 11 is 0. The number of aliphatic hydroxyl groups is 1. The van der Waals surface area contributed by atoms with E-state index < -0.39 is 22.9 Å². The molecule has 0 aliphatic heterocycles. The number of hydrogen-bond acceptors (Lipinski definition) is 3. The lowest BCUT2D eigenvalue weighted by molar-refractivity contribution is 0.0369. The number of carbonyl (C=O) groups is 1. The molecule has 0 fully saturated rings. The monoisotopic (exact) mass is 292 g/mol. The lowest BCUT2D eigenvalue weighted by Crippen LogP contribution is -2.40. The van der Waals surface area contributed by atoms with Gasteiger partial charge >= 0.3 is 0 Å². The second kappa shape index (κ2) is 5.29. The van der Waals surface area contributed by atoms with Crippen LogP contribution in [0.5, 0.6) is 0 Å². The summed E-state index contributed by atoms with van der Waals surface area (Å²) in [5.41, 5.74) is -1.08. The molecule has 1 aromatic carbocycles. The summed E-state index contributed by atoms with van der Waals surface area (Å²) in [5.74, 6) is -0.896. The Morgan fingerprint density at radius 1 is 1.38 bits per heavy atom. The van der Waals surface area contributed by atoms with Gasteiger partial charge in [-0.25, -0.2) is 4.39 Å². The normalized spacial score (nSPS) is 11.7. The number of halogens is 1. The molecule has 6 heteroatoms. The summed E-state index contributed by atoms with van der Waals surface area (Å²) < 4.78 is 13.2. The predicted octanol–water partition coefficient (Wildman–Crippen LogP) is 1.51. The topological polar surface area (TPSA) is 73.4 Å². The van der Waals surface area contributed by atoms with Crippen LogP contribution >= 0.6 is 0 Å². The Hall–Kier alpha value is -2.21. The van der Waals surface area contributed by atoms with Gasteiger partial charge < -0.3 is 15.0 Å². The maximum atomic E-state index is 13.2. The molecule has 0 aliphatic carbocycles. The number of fused-ring (bicyclic) bond motifs is 1. The molecule has 0 saturated carbocycles. The van der Waals surface area contributed by atoms with Crippen molar-refractivity contribution >= 4 is 16.8 Å². The molecular formula is C15H17FN2O3. The third-order valence-electron chi connectivity index (χ3n) is 3.01. The number of aromatic nitrogens is 1. The third kappa shape index (κ3) is 3.46. The first kappa shape index (κ1) is 15.2. The van der Waals surface area contributed by atoms with Crippen LogP contribution in [0.25, 0.3) is 10.9 Å². The number of rotatable bonds is 3. The fraction of sp³-hybridized carbons (Fsp3) is 0.333. The summed E-state index contributed by atoms with van der Waals surface area (Å²) in [4.78, 5) is 27.9. The van der Waals surface area contributed by atoms with Gasteiger partial charge in [0.15, 0.2) is 0 Å². The second-order valence-corrected chi connectivity index (χ2v) is 5.71. The first-order chi connectivity index (χ1) is 9.67. The van der Waals surface area contributed by atoms with Crippen LogP contribution < -0.4 is 5.56 Å². The fourth-order valence-electron chi connectivity index (χ4n) is 2.27. The van der Waals surface area contributed by atoms with E-state index in [4.69, 9.17) is 0 Å². The molecule has 0 radical (unpaired) electrons. The Kier molecular flexibility index (Phi) is 3.82. The molecule has 5 nitrogen and oxygen atoms in total. The van der Waals surface area contributed by atoms with Crippen LogP contribution in [0.4, 0.5) is 4.39 Å². The zero-order valence-corrected chi connectivity index (χ0v) is 12.1. The molecule has 1 amide bonds. The molecule has 21 heavy (non-hydrogen) atoms. The van der Waals surface area contributed by atoms with Crippen LogP contribution in [0.2, 0.25) is 0 Å². The maximum Gasteiger partial charge on any atom is 0.254 e. The van der Waals surface area contributed by atoms with E-state index in [2.05, 4.69) is 4.98 Å². The molecule has 0 spiro atoms. The van der Waals surface area contributed by atoms with Gasteiger partial charge in [0.05, 0.1) is 16.7 Å². The second-order valence-electron chi connectivity index (χ2n) is 5.71. The van der Waals surface area contributed by atoms with Crippen molar-refractivity contribution in [1.29, 1.82) is 0 Å². The summed E-state index contributed by atoms with van der Waals surface area (Å²) in [7, 11) is 1.54. The van der Waals surface area contributed by atoms with Crippen molar-refractivity contribution < 1.29 is 14.3 Å². The number of nitrogens with one attached hydrogen (secondary N) is 1. The van der Waals surface area contributed by atoms with Crippen molar-refractivity contribution in [2.24, 2.45) is 0 Å². The fourth-order valence-corrected chi connectivity index (χ4v) is 2.27. The largest absolute Gasteiger partial charge is 0.389 e. The average Bonchev–Trinajstić information content (AvgIpc) is 2.34. The molecule has 2 aromatic rings. The summed E-state index contributed by atoms with van der Waals surface area (Å²) in [5, 5.41) is 10.2. The number of likely N-dealkylation sites (N-methyl/N-ethyl adjacent to an activating group) is 1.